The van der Waals surface area contributed by atoms with Crippen LogP contribution in [0, 0.1) is 5.92 Å². The molecule has 1 saturated carbocycles. The van der Waals surface area contributed by atoms with Crippen molar-refractivity contribution in [3.05, 3.63) is 23.8 Å². The number of rotatable bonds is 6. The molecule has 2 amide bonds. The quantitative estimate of drug-likeness (QED) is 0.747. The molecule has 8 nitrogen and oxygen atoms in total. The summed E-state index contributed by atoms with van der Waals surface area (Å²) in [5, 5.41) is 0. The molecular formula is C20H29N3O5S. The average molecular weight is 424 g/mol. The topological polar surface area (TPSA) is 96.0 Å². The van der Waals surface area contributed by atoms with Gasteiger partial charge in [-0.3, -0.25) is 9.59 Å². The number of carbonyl (C=O) groups is 2. The fourth-order valence-electron chi connectivity index (χ4n) is 3.62. The Morgan fingerprint density at radius 1 is 1.10 bits per heavy atom. The Labute approximate surface area is 172 Å². The molecule has 1 aromatic carbocycles. The highest BCUT2D eigenvalue weighted by Gasteiger charge is 2.32. The summed E-state index contributed by atoms with van der Waals surface area (Å²) in [5.74, 6) is 0.288. The van der Waals surface area contributed by atoms with Gasteiger partial charge >= 0.3 is 0 Å². The second kappa shape index (κ2) is 8.71. The molecule has 0 aromatic heterocycles. The van der Waals surface area contributed by atoms with E-state index in [0.29, 0.717) is 26.2 Å². The van der Waals surface area contributed by atoms with E-state index >= 15 is 0 Å². The zero-order valence-corrected chi connectivity index (χ0v) is 18.0. The van der Waals surface area contributed by atoms with Gasteiger partial charge < -0.3 is 14.5 Å². The lowest BCUT2D eigenvalue weighted by Crippen LogP contribution is -2.52. The molecular weight excluding hydrogens is 394 g/mol. The first kappa shape index (κ1) is 21.6. The largest absolute Gasteiger partial charge is 0.495 e. The first-order chi connectivity index (χ1) is 13.7. The van der Waals surface area contributed by atoms with Gasteiger partial charge in [0.05, 0.1) is 7.11 Å². The Kier molecular flexibility index (Phi) is 6.48. The summed E-state index contributed by atoms with van der Waals surface area (Å²) < 4.78 is 33.0. The molecule has 2 aliphatic rings. The number of benzene rings is 1. The monoisotopic (exact) mass is 423 g/mol. The Morgan fingerprint density at radius 3 is 2.24 bits per heavy atom. The molecule has 1 saturated heterocycles. The second-order valence-corrected chi connectivity index (χ2v) is 9.57. The van der Waals surface area contributed by atoms with Gasteiger partial charge in [0.1, 0.15) is 10.6 Å². The van der Waals surface area contributed by atoms with E-state index < -0.39 is 10.0 Å². The Morgan fingerprint density at radius 2 is 1.72 bits per heavy atom. The van der Waals surface area contributed by atoms with E-state index in [4.69, 9.17) is 4.74 Å². The van der Waals surface area contributed by atoms with Gasteiger partial charge in [-0.25, -0.2) is 13.1 Å². The summed E-state index contributed by atoms with van der Waals surface area (Å²) in [6.45, 7) is 5.35. The van der Waals surface area contributed by atoms with Crippen molar-refractivity contribution in [1.29, 1.82) is 0 Å². The maximum Gasteiger partial charge on any atom is 0.254 e. The fourth-order valence-corrected chi connectivity index (χ4v) is 5.07. The van der Waals surface area contributed by atoms with Gasteiger partial charge in [0.2, 0.25) is 15.9 Å². The van der Waals surface area contributed by atoms with Gasteiger partial charge in [-0.2, -0.15) is 0 Å². The van der Waals surface area contributed by atoms with Crippen LogP contribution in [0.3, 0.4) is 0 Å². The van der Waals surface area contributed by atoms with Crippen LogP contribution in [-0.4, -0.2) is 69.4 Å². The van der Waals surface area contributed by atoms with Crippen molar-refractivity contribution in [3.8, 4) is 5.75 Å². The van der Waals surface area contributed by atoms with E-state index in [9.17, 15) is 18.0 Å². The first-order valence-corrected chi connectivity index (χ1v) is 11.5. The third-order valence-corrected chi connectivity index (χ3v) is 7.10. The SMILES string of the molecule is COc1ccc(C(=O)N2CCN(C(=O)C3CCC3)CC2)cc1S(=O)(=O)NC(C)C. The summed E-state index contributed by atoms with van der Waals surface area (Å²) in [6, 6.07) is 4.14. The molecule has 1 N–H and O–H groups in total. The summed E-state index contributed by atoms with van der Waals surface area (Å²) in [6.07, 6.45) is 3.04. The number of ether oxygens (including phenoxy) is 1. The number of amides is 2. The summed E-state index contributed by atoms with van der Waals surface area (Å²) >= 11 is 0. The van der Waals surface area contributed by atoms with Crippen molar-refractivity contribution in [2.24, 2.45) is 5.92 Å². The molecule has 0 atom stereocenters. The van der Waals surface area contributed by atoms with Crippen molar-refractivity contribution in [2.75, 3.05) is 33.3 Å². The lowest BCUT2D eigenvalue weighted by molar-refractivity contribution is -0.139. The standard InChI is InChI=1S/C20H29N3O5S/c1-14(2)21-29(26,27)18-13-16(7-8-17(18)28-3)20(25)23-11-9-22(10-12-23)19(24)15-5-4-6-15/h7-8,13-15,21H,4-6,9-12H2,1-3H3. The molecule has 0 unspecified atom stereocenters. The minimum absolute atomic E-state index is 0.0571. The van der Waals surface area contributed by atoms with Crippen LogP contribution in [0.2, 0.25) is 0 Å². The van der Waals surface area contributed by atoms with Crippen molar-refractivity contribution in [1.82, 2.24) is 14.5 Å². The van der Waals surface area contributed by atoms with Crippen molar-refractivity contribution >= 4 is 21.8 Å². The minimum Gasteiger partial charge on any atom is -0.495 e. The molecule has 0 spiro atoms. The maximum absolute atomic E-state index is 12.9. The number of methoxy groups -OCH3 is 1. The molecule has 160 valence electrons. The van der Waals surface area contributed by atoms with Crippen LogP contribution in [0.15, 0.2) is 23.1 Å². The summed E-state index contributed by atoms with van der Waals surface area (Å²) in [5.41, 5.74) is 0.286. The van der Waals surface area contributed by atoms with Gasteiger partial charge in [-0.1, -0.05) is 6.42 Å². The van der Waals surface area contributed by atoms with Crippen LogP contribution >= 0.6 is 0 Å². The molecule has 0 bridgehead atoms. The molecule has 29 heavy (non-hydrogen) atoms. The number of carbonyl (C=O) groups excluding carboxylic acids is 2. The molecule has 9 heteroatoms. The van der Waals surface area contributed by atoms with Crippen LogP contribution in [0.4, 0.5) is 0 Å². The Hall–Kier alpha value is -2.13. The molecule has 1 aliphatic carbocycles. The normalized spacial score (nSPS) is 17.9. The van der Waals surface area contributed by atoms with Gasteiger partial charge in [0, 0.05) is 43.7 Å². The van der Waals surface area contributed by atoms with Crippen LogP contribution in [0.5, 0.6) is 5.75 Å². The number of hydrogen-bond acceptors (Lipinski definition) is 5. The van der Waals surface area contributed by atoms with Crippen molar-refractivity contribution in [2.45, 2.75) is 44.0 Å². The third-order valence-electron chi connectivity index (χ3n) is 5.42. The second-order valence-electron chi connectivity index (χ2n) is 7.89. The van der Waals surface area contributed by atoms with Crippen LogP contribution < -0.4 is 9.46 Å². The van der Waals surface area contributed by atoms with E-state index in [-0.39, 0.29) is 40.0 Å². The van der Waals surface area contributed by atoms with E-state index in [1.807, 2.05) is 4.90 Å². The van der Waals surface area contributed by atoms with Crippen molar-refractivity contribution < 1.29 is 22.7 Å². The highest BCUT2D eigenvalue weighted by molar-refractivity contribution is 7.89. The molecule has 1 aliphatic heterocycles. The van der Waals surface area contributed by atoms with Gasteiger partial charge in [0.25, 0.3) is 5.91 Å². The maximum atomic E-state index is 12.9. The zero-order chi connectivity index (χ0) is 21.2. The van der Waals surface area contributed by atoms with Crippen LogP contribution in [-0.2, 0) is 14.8 Å². The molecule has 2 fully saturated rings. The van der Waals surface area contributed by atoms with E-state index in [0.717, 1.165) is 19.3 Å². The van der Waals surface area contributed by atoms with E-state index in [1.54, 1.807) is 24.8 Å². The van der Waals surface area contributed by atoms with E-state index in [2.05, 4.69) is 4.72 Å². The lowest BCUT2D eigenvalue weighted by Gasteiger charge is -2.38. The van der Waals surface area contributed by atoms with Gasteiger partial charge in [-0.15, -0.1) is 0 Å². The smallest absolute Gasteiger partial charge is 0.254 e. The Balaban J connectivity index is 1.73. The summed E-state index contributed by atoms with van der Waals surface area (Å²) in [4.78, 5) is 28.8. The number of sulfonamides is 1. The molecule has 3 rings (SSSR count). The Bertz CT molecular complexity index is 872. The van der Waals surface area contributed by atoms with Crippen LogP contribution in [0.1, 0.15) is 43.5 Å². The molecule has 1 heterocycles. The fraction of sp³-hybridized carbons (Fsp3) is 0.600. The first-order valence-electron chi connectivity index (χ1n) is 10.0. The average Bonchev–Trinajstić information content (AvgIpc) is 2.64. The van der Waals surface area contributed by atoms with Crippen molar-refractivity contribution in [3.63, 3.8) is 0 Å². The molecule has 0 radical (unpaired) electrons. The number of nitrogens with zero attached hydrogens (tertiary/aromatic N) is 2. The van der Waals surface area contributed by atoms with Gasteiger partial charge in [0.15, 0.2) is 0 Å². The molecule has 1 aromatic rings. The highest BCUT2D eigenvalue weighted by Crippen LogP contribution is 2.29. The lowest BCUT2D eigenvalue weighted by atomic mass is 9.84. The number of nitrogens with one attached hydrogen (secondary N) is 1. The third kappa shape index (κ3) is 4.72. The predicted octanol–water partition coefficient (Wildman–Crippen LogP) is 1.47. The zero-order valence-electron chi connectivity index (χ0n) is 17.2. The minimum atomic E-state index is -3.81. The predicted molar refractivity (Wildman–Crippen MR) is 108 cm³/mol. The number of piperazine rings is 1. The van der Waals surface area contributed by atoms with E-state index in [1.165, 1.54) is 19.2 Å². The number of hydrogen-bond donors (Lipinski definition) is 1. The van der Waals surface area contributed by atoms with Crippen LogP contribution in [0.25, 0.3) is 0 Å². The summed E-state index contributed by atoms with van der Waals surface area (Å²) in [7, 11) is -2.42. The van der Waals surface area contributed by atoms with Gasteiger partial charge in [-0.05, 0) is 44.9 Å². The highest BCUT2D eigenvalue weighted by atomic mass is 32.2.